The Labute approximate surface area is 148 Å². The van der Waals surface area contributed by atoms with Crippen molar-refractivity contribution in [2.75, 3.05) is 0 Å². The molecule has 2 aromatic carbocycles. The van der Waals surface area contributed by atoms with Crippen LogP contribution in [0.25, 0.3) is 11.1 Å². The maximum Gasteiger partial charge on any atom is 0.494 e. The zero-order chi connectivity index (χ0) is 17.1. The van der Waals surface area contributed by atoms with E-state index in [2.05, 4.69) is 33.8 Å². The van der Waals surface area contributed by atoms with Gasteiger partial charge in [-0.3, -0.25) is 0 Å². The summed E-state index contributed by atoms with van der Waals surface area (Å²) >= 11 is 6.08. The van der Waals surface area contributed by atoms with E-state index in [1.54, 1.807) is 0 Å². The molecular formula is C19H20BClO3. The highest BCUT2D eigenvalue weighted by atomic mass is 35.5. The summed E-state index contributed by atoms with van der Waals surface area (Å²) in [5.41, 5.74) is 3.63. The van der Waals surface area contributed by atoms with E-state index in [0.29, 0.717) is 6.61 Å². The highest BCUT2D eigenvalue weighted by Gasteiger charge is 2.51. The molecule has 124 valence electrons. The van der Waals surface area contributed by atoms with Crippen LogP contribution < -0.4 is 10.2 Å². The van der Waals surface area contributed by atoms with Crippen molar-refractivity contribution in [3.8, 4) is 16.9 Å². The zero-order valence-corrected chi connectivity index (χ0v) is 15.1. The molecule has 24 heavy (non-hydrogen) atoms. The Kier molecular flexibility index (Phi) is 3.50. The molecule has 0 spiro atoms. The van der Waals surface area contributed by atoms with Gasteiger partial charge in [0.2, 0.25) is 0 Å². The van der Waals surface area contributed by atoms with Crippen molar-refractivity contribution in [1.29, 1.82) is 0 Å². The molecule has 2 heterocycles. The summed E-state index contributed by atoms with van der Waals surface area (Å²) in [6, 6.07) is 12.1. The topological polar surface area (TPSA) is 27.7 Å². The lowest BCUT2D eigenvalue weighted by Crippen LogP contribution is -2.41. The van der Waals surface area contributed by atoms with E-state index in [1.165, 1.54) is 5.56 Å². The van der Waals surface area contributed by atoms with Crippen molar-refractivity contribution in [2.45, 2.75) is 45.5 Å². The molecular weight excluding hydrogens is 322 g/mol. The first-order valence-corrected chi connectivity index (χ1v) is 8.56. The first-order chi connectivity index (χ1) is 11.3. The van der Waals surface area contributed by atoms with Gasteiger partial charge in [0.1, 0.15) is 12.4 Å². The second-order valence-corrected chi connectivity index (χ2v) is 7.87. The normalized spacial score (nSPS) is 20.3. The van der Waals surface area contributed by atoms with Gasteiger partial charge in [-0.15, -0.1) is 0 Å². The summed E-state index contributed by atoms with van der Waals surface area (Å²) in [6.45, 7) is 8.75. The first-order valence-electron chi connectivity index (χ1n) is 8.18. The predicted octanol–water partition coefficient (Wildman–Crippen LogP) is 4.20. The quantitative estimate of drug-likeness (QED) is 0.727. The Hall–Kier alpha value is -1.49. The summed E-state index contributed by atoms with van der Waals surface area (Å²) in [5.74, 6) is 0.858. The van der Waals surface area contributed by atoms with Gasteiger partial charge in [-0.05, 0) is 62.5 Å². The number of rotatable bonds is 1. The fraction of sp³-hybridized carbons (Fsp3) is 0.368. The Morgan fingerprint density at radius 2 is 1.58 bits per heavy atom. The average Bonchev–Trinajstić information content (AvgIpc) is 2.74. The molecule has 0 aromatic heterocycles. The Morgan fingerprint density at radius 3 is 2.29 bits per heavy atom. The minimum absolute atomic E-state index is 0.349. The molecule has 5 heteroatoms. The number of ether oxygens (including phenoxy) is 1. The fourth-order valence-electron chi connectivity index (χ4n) is 3.11. The smallest absolute Gasteiger partial charge is 0.488 e. The van der Waals surface area contributed by atoms with Gasteiger partial charge >= 0.3 is 7.12 Å². The second-order valence-electron chi connectivity index (χ2n) is 7.43. The highest BCUT2D eigenvalue weighted by Crippen LogP contribution is 2.40. The molecule has 0 aliphatic carbocycles. The maximum absolute atomic E-state index is 6.13. The molecule has 1 fully saturated rings. The van der Waals surface area contributed by atoms with Crippen LogP contribution in [0, 0.1) is 0 Å². The van der Waals surface area contributed by atoms with Gasteiger partial charge in [0.25, 0.3) is 0 Å². The summed E-state index contributed by atoms with van der Waals surface area (Å²) in [7, 11) is -0.379. The van der Waals surface area contributed by atoms with Gasteiger partial charge in [-0.2, -0.15) is 0 Å². The van der Waals surface area contributed by atoms with Crippen molar-refractivity contribution < 1.29 is 14.0 Å². The molecule has 3 nitrogen and oxygen atoms in total. The number of hydrogen-bond acceptors (Lipinski definition) is 3. The van der Waals surface area contributed by atoms with E-state index in [1.807, 2.05) is 30.3 Å². The minimum Gasteiger partial charge on any atom is -0.488 e. The molecule has 0 saturated carbocycles. The van der Waals surface area contributed by atoms with E-state index in [4.69, 9.17) is 25.6 Å². The summed E-state index contributed by atoms with van der Waals surface area (Å²) in [5, 5.41) is 0.731. The van der Waals surface area contributed by atoms with Crippen molar-refractivity contribution in [3.63, 3.8) is 0 Å². The van der Waals surface area contributed by atoms with E-state index in [0.717, 1.165) is 27.4 Å². The van der Waals surface area contributed by atoms with Crippen molar-refractivity contribution in [1.82, 2.24) is 0 Å². The van der Waals surface area contributed by atoms with Gasteiger partial charge in [0.15, 0.2) is 0 Å². The highest BCUT2D eigenvalue weighted by molar-refractivity contribution is 6.62. The summed E-state index contributed by atoms with van der Waals surface area (Å²) in [6.07, 6.45) is 0. The lowest BCUT2D eigenvalue weighted by molar-refractivity contribution is 0.00578. The Bertz CT molecular complexity index is 800. The molecule has 2 aliphatic rings. The third kappa shape index (κ3) is 2.45. The number of halogens is 1. The van der Waals surface area contributed by atoms with Crippen LogP contribution in [0.15, 0.2) is 36.4 Å². The van der Waals surface area contributed by atoms with Crippen LogP contribution in [0.4, 0.5) is 0 Å². The van der Waals surface area contributed by atoms with Crippen molar-refractivity contribution in [2.24, 2.45) is 0 Å². The Morgan fingerprint density at radius 1 is 0.917 bits per heavy atom. The molecule has 0 unspecified atom stereocenters. The van der Waals surface area contributed by atoms with Crippen LogP contribution >= 0.6 is 11.6 Å². The molecule has 0 N–H and O–H groups in total. The van der Waals surface area contributed by atoms with Gasteiger partial charge in [0.05, 0.1) is 11.2 Å². The van der Waals surface area contributed by atoms with Crippen LogP contribution in [-0.4, -0.2) is 18.3 Å². The molecule has 0 amide bonds. The van der Waals surface area contributed by atoms with Gasteiger partial charge in [0, 0.05) is 10.6 Å². The van der Waals surface area contributed by atoms with Crippen molar-refractivity contribution in [3.05, 3.63) is 47.0 Å². The first kappa shape index (κ1) is 16.0. The Balaban J connectivity index is 1.70. The van der Waals surface area contributed by atoms with E-state index < -0.39 is 0 Å². The summed E-state index contributed by atoms with van der Waals surface area (Å²) in [4.78, 5) is 0. The predicted molar refractivity (Wildman–Crippen MR) is 96.9 cm³/mol. The SMILES string of the molecule is CC1(C)OB(c2ccc3c(c2)OCc2cc(Cl)ccc2-3)OC1(C)C. The van der Waals surface area contributed by atoms with Crippen LogP contribution in [0.2, 0.25) is 5.02 Å². The fourth-order valence-corrected chi connectivity index (χ4v) is 3.30. The number of hydrogen-bond donors (Lipinski definition) is 0. The molecule has 1 saturated heterocycles. The van der Waals surface area contributed by atoms with Crippen LogP contribution in [0.1, 0.15) is 33.3 Å². The van der Waals surface area contributed by atoms with E-state index in [-0.39, 0.29) is 18.3 Å². The monoisotopic (exact) mass is 342 g/mol. The standard InChI is InChI=1S/C19H20BClO3/c1-18(2)19(3,4)24-20(23-18)13-5-7-16-15-8-6-14(21)9-12(15)11-22-17(16)10-13/h5-10H,11H2,1-4H3. The average molecular weight is 343 g/mol. The molecule has 2 aliphatic heterocycles. The summed E-state index contributed by atoms with van der Waals surface area (Å²) < 4.78 is 18.2. The molecule has 0 radical (unpaired) electrons. The van der Waals surface area contributed by atoms with Gasteiger partial charge in [-0.1, -0.05) is 29.8 Å². The van der Waals surface area contributed by atoms with Crippen LogP contribution in [-0.2, 0) is 15.9 Å². The number of benzene rings is 2. The lowest BCUT2D eigenvalue weighted by atomic mass is 9.78. The molecule has 2 aromatic rings. The molecule has 0 atom stereocenters. The van der Waals surface area contributed by atoms with Crippen LogP contribution in [0.3, 0.4) is 0 Å². The maximum atomic E-state index is 6.13. The second kappa shape index (κ2) is 5.25. The van der Waals surface area contributed by atoms with Crippen molar-refractivity contribution >= 4 is 24.2 Å². The minimum atomic E-state index is -0.379. The number of fused-ring (bicyclic) bond motifs is 3. The van der Waals surface area contributed by atoms with Gasteiger partial charge in [-0.25, -0.2) is 0 Å². The van der Waals surface area contributed by atoms with Crippen LogP contribution in [0.5, 0.6) is 5.75 Å². The molecule has 4 rings (SSSR count). The largest absolute Gasteiger partial charge is 0.494 e. The third-order valence-electron chi connectivity index (χ3n) is 5.27. The lowest BCUT2D eigenvalue weighted by Gasteiger charge is -2.32. The zero-order valence-electron chi connectivity index (χ0n) is 14.4. The molecule has 0 bridgehead atoms. The third-order valence-corrected chi connectivity index (χ3v) is 5.51. The van der Waals surface area contributed by atoms with E-state index in [9.17, 15) is 0 Å². The van der Waals surface area contributed by atoms with Gasteiger partial charge < -0.3 is 14.0 Å². The van der Waals surface area contributed by atoms with E-state index >= 15 is 0 Å².